The number of carbonyl (C=O) groups is 4. The fourth-order valence-electron chi connectivity index (χ4n) is 3.50. The van der Waals surface area contributed by atoms with Gasteiger partial charge in [0.15, 0.2) is 0 Å². The van der Waals surface area contributed by atoms with Gasteiger partial charge in [-0.2, -0.15) is 0 Å². The maximum atomic E-state index is 13.0. The molecule has 1 aromatic carbocycles. The van der Waals surface area contributed by atoms with Crippen LogP contribution in [0.15, 0.2) is 30.3 Å². The Labute approximate surface area is 207 Å². The number of carboxylic acid groups (broad SMARTS) is 1. The average molecular weight is 493 g/mol. The van der Waals surface area contributed by atoms with Crippen LogP contribution >= 0.6 is 0 Å². The van der Waals surface area contributed by atoms with Crippen molar-refractivity contribution in [1.82, 2.24) is 16.0 Å². The third-order valence-electron chi connectivity index (χ3n) is 6.27. The monoisotopic (exact) mass is 492 g/mol. The zero-order valence-corrected chi connectivity index (χ0v) is 21.2. The number of rotatable bonds is 14. The first-order chi connectivity index (χ1) is 16.4. The summed E-state index contributed by atoms with van der Waals surface area (Å²) in [5.74, 6) is -3.85. The van der Waals surface area contributed by atoms with Gasteiger partial charge in [0.2, 0.25) is 17.7 Å². The summed E-state index contributed by atoms with van der Waals surface area (Å²) in [6, 6.07) is 4.66. The number of aliphatic hydroxyl groups excluding tert-OH is 1. The Morgan fingerprint density at radius 3 is 1.74 bits per heavy atom. The van der Waals surface area contributed by atoms with Crippen molar-refractivity contribution in [3.05, 3.63) is 35.9 Å². The summed E-state index contributed by atoms with van der Waals surface area (Å²) >= 11 is 0. The molecule has 196 valence electrons. The molecule has 35 heavy (non-hydrogen) atoms. The van der Waals surface area contributed by atoms with Crippen LogP contribution in [-0.2, 0) is 25.6 Å². The molecule has 10 heteroatoms. The van der Waals surface area contributed by atoms with Crippen molar-refractivity contribution < 1.29 is 29.4 Å². The summed E-state index contributed by atoms with van der Waals surface area (Å²) in [6.45, 7) is 8.45. The Bertz CT molecular complexity index is 848. The van der Waals surface area contributed by atoms with Gasteiger partial charge in [0.1, 0.15) is 18.1 Å². The van der Waals surface area contributed by atoms with Crippen molar-refractivity contribution in [3.63, 3.8) is 0 Å². The Hall–Kier alpha value is -2.98. The number of benzene rings is 1. The summed E-state index contributed by atoms with van der Waals surface area (Å²) < 4.78 is 0. The van der Waals surface area contributed by atoms with Crippen LogP contribution in [0.25, 0.3) is 0 Å². The van der Waals surface area contributed by atoms with Crippen LogP contribution in [0, 0.1) is 11.8 Å². The van der Waals surface area contributed by atoms with Crippen LogP contribution in [0.3, 0.4) is 0 Å². The highest BCUT2D eigenvalue weighted by Gasteiger charge is 2.35. The second kappa shape index (κ2) is 14.4. The van der Waals surface area contributed by atoms with Gasteiger partial charge in [0, 0.05) is 0 Å². The van der Waals surface area contributed by atoms with Crippen molar-refractivity contribution >= 4 is 23.7 Å². The van der Waals surface area contributed by atoms with Gasteiger partial charge in [0.05, 0.1) is 12.1 Å². The van der Waals surface area contributed by atoms with E-state index in [9.17, 15) is 29.4 Å². The van der Waals surface area contributed by atoms with Crippen LogP contribution < -0.4 is 21.7 Å². The predicted octanol–water partition coefficient (Wildman–Crippen LogP) is 0.568. The highest BCUT2D eigenvalue weighted by Crippen LogP contribution is 2.13. The van der Waals surface area contributed by atoms with Gasteiger partial charge in [-0.1, -0.05) is 70.9 Å². The van der Waals surface area contributed by atoms with Gasteiger partial charge in [0.25, 0.3) is 0 Å². The Kier molecular flexibility index (Phi) is 12.4. The van der Waals surface area contributed by atoms with E-state index in [2.05, 4.69) is 16.0 Å². The Morgan fingerprint density at radius 2 is 1.26 bits per heavy atom. The van der Waals surface area contributed by atoms with Gasteiger partial charge in [-0.3, -0.25) is 14.4 Å². The zero-order chi connectivity index (χ0) is 26.7. The number of carboxylic acids is 1. The van der Waals surface area contributed by atoms with E-state index in [0.717, 1.165) is 5.56 Å². The lowest BCUT2D eigenvalue weighted by atomic mass is 9.95. The molecule has 0 spiro atoms. The lowest BCUT2D eigenvalue weighted by Gasteiger charge is -2.29. The first-order valence-corrected chi connectivity index (χ1v) is 12.0. The summed E-state index contributed by atoms with van der Waals surface area (Å²) in [6.07, 6.45) is 0.0324. The molecule has 0 heterocycles. The second-order valence-electron chi connectivity index (χ2n) is 9.10. The normalized spacial score (nSPS) is 17.1. The number of aliphatic carboxylic acids is 1. The molecule has 0 aliphatic heterocycles. The average Bonchev–Trinajstić information content (AvgIpc) is 2.82. The number of aliphatic hydroxyl groups is 1. The molecule has 7 N–H and O–H groups in total. The fourth-order valence-corrected chi connectivity index (χ4v) is 3.50. The Morgan fingerprint density at radius 1 is 0.800 bits per heavy atom. The van der Waals surface area contributed by atoms with Crippen molar-refractivity contribution in [2.24, 2.45) is 17.6 Å². The third-order valence-corrected chi connectivity index (χ3v) is 6.27. The lowest BCUT2D eigenvalue weighted by molar-refractivity contribution is -0.144. The number of carbonyl (C=O) groups excluding carboxylic acids is 3. The molecule has 10 nitrogen and oxygen atoms in total. The van der Waals surface area contributed by atoms with Gasteiger partial charge in [-0.05, 0) is 30.7 Å². The minimum Gasteiger partial charge on any atom is -0.480 e. The van der Waals surface area contributed by atoms with Gasteiger partial charge in [-0.15, -0.1) is 0 Å². The van der Waals surface area contributed by atoms with E-state index in [0.29, 0.717) is 12.8 Å². The van der Waals surface area contributed by atoms with Gasteiger partial charge >= 0.3 is 5.97 Å². The van der Waals surface area contributed by atoms with E-state index in [1.54, 1.807) is 13.8 Å². The van der Waals surface area contributed by atoms with Gasteiger partial charge < -0.3 is 31.9 Å². The molecular formula is C25H40N4O6. The molecule has 1 aromatic rings. The molecular weight excluding hydrogens is 452 g/mol. The number of hydrogen-bond donors (Lipinski definition) is 6. The van der Waals surface area contributed by atoms with Crippen molar-refractivity contribution in [1.29, 1.82) is 0 Å². The molecule has 0 aliphatic carbocycles. The molecule has 0 aromatic heterocycles. The topological polar surface area (TPSA) is 171 Å². The van der Waals surface area contributed by atoms with Crippen LogP contribution in [0.5, 0.6) is 0 Å². The molecule has 3 amide bonds. The van der Waals surface area contributed by atoms with Crippen molar-refractivity contribution in [3.8, 4) is 0 Å². The molecule has 0 radical (unpaired) electrons. The number of nitrogens with one attached hydrogen (secondary N) is 3. The SMILES string of the molecule is CCC(C)C(NC(=O)C(NC(=O)C(NC(=O)C(N)Cc1ccccc1)C(C)O)C(C)CC)C(=O)O. The van der Waals surface area contributed by atoms with Crippen LogP contribution in [0.2, 0.25) is 0 Å². The van der Waals surface area contributed by atoms with Crippen molar-refractivity contribution in [2.45, 2.75) is 84.2 Å². The third kappa shape index (κ3) is 9.29. The summed E-state index contributed by atoms with van der Waals surface area (Å²) in [5, 5.41) is 27.3. The predicted molar refractivity (Wildman–Crippen MR) is 132 cm³/mol. The van der Waals surface area contributed by atoms with E-state index in [1.807, 2.05) is 44.2 Å². The smallest absolute Gasteiger partial charge is 0.326 e. The standard InChI is InChI=1S/C25H40N4O6/c1-6-14(3)19(23(32)28-20(25(34)35)15(4)7-2)27-24(33)21(16(5)30)29-22(31)18(26)13-17-11-9-8-10-12-17/h8-12,14-16,18-21,30H,6-7,13,26H2,1-5H3,(H,27,33)(H,28,32)(H,29,31)(H,34,35). The summed E-state index contributed by atoms with van der Waals surface area (Å²) in [7, 11) is 0. The van der Waals surface area contributed by atoms with Crippen LogP contribution in [0.1, 0.15) is 53.0 Å². The number of nitrogens with two attached hydrogens (primary N) is 1. The number of amides is 3. The van der Waals surface area contributed by atoms with E-state index in [-0.39, 0.29) is 18.3 Å². The molecule has 0 aliphatic rings. The highest BCUT2D eigenvalue weighted by atomic mass is 16.4. The van der Waals surface area contributed by atoms with Crippen LogP contribution in [0.4, 0.5) is 0 Å². The molecule has 7 atom stereocenters. The minimum absolute atomic E-state index is 0.241. The highest BCUT2D eigenvalue weighted by molar-refractivity contribution is 5.94. The van der Waals surface area contributed by atoms with E-state index in [4.69, 9.17) is 5.73 Å². The first kappa shape index (κ1) is 30.1. The molecule has 0 saturated heterocycles. The largest absolute Gasteiger partial charge is 0.480 e. The minimum atomic E-state index is -1.35. The Balaban J connectivity index is 2.96. The fraction of sp³-hybridized carbons (Fsp3) is 0.600. The lowest BCUT2D eigenvalue weighted by Crippen LogP contribution is -2.61. The molecule has 1 rings (SSSR count). The maximum Gasteiger partial charge on any atom is 0.326 e. The summed E-state index contributed by atoms with van der Waals surface area (Å²) in [5.41, 5.74) is 6.84. The summed E-state index contributed by atoms with van der Waals surface area (Å²) in [4.78, 5) is 50.3. The van der Waals surface area contributed by atoms with E-state index in [1.165, 1.54) is 6.92 Å². The zero-order valence-electron chi connectivity index (χ0n) is 21.2. The first-order valence-electron chi connectivity index (χ1n) is 12.0. The quantitative estimate of drug-likeness (QED) is 0.220. The molecule has 0 saturated carbocycles. The van der Waals surface area contributed by atoms with Crippen molar-refractivity contribution in [2.75, 3.05) is 0 Å². The molecule has 0 bridgehead atoms. The molecule has 0 fully saturated rings. The molecule has 7 unspecified atom stereocenters. The second-order valence-corrected chi connectivity index (χ2v) is 9.10. The van der Waals surface area contributed by atoms with E-state index >= 15 is 0 Å². The van der Waals surface area contributed by atoms with Crippen LogP contribution in [-0.4, -0.2) is 64.2 Å². The number of hydrogen-bond acceptors (Lipinski definition) is 6. The van der Waals surface area contributed by atoms with E-state index < -0.39 is 54.0 Å². The van der Waals surface area contributed by atoms with Gasteiger partial charge in [-0.25, -0.2) is 4.79 Å². The maximum absolute atomic E-state index is 13.0.